The molecule has 1 unspecified atom stereocenters. The lowest BCUT2D eigenvalue weighted by molar-refractivity contribution is 0.0472. The molecular formula is C14H22N2O. The standard InChI is InChI=1S/C14H22N2O/c1-14(12-17)6-2-9-16(11-14)10-5-13-3-7-15-8-4-13/h3-4,7-8,17H,2,5-6,9-12H2,1H3. The second-order valence-electron chi connectivity index (χ2n) is 5.45. The van der Waals surface area contributed by atoms with Crippen LogP contribution in [0.5, 0.6) is 0 Å². The van der Waals surface area contributed by atoms with E-state index in [9.17, 15) is 5.11 Å². The SMILES string of the molecule is CC1(CO)CCCN(CCc2ccncc2)C1. The first-order valence-corrected chi connectivity index (χ1v) is 6.44. The highest BCUT2D eigenvalue weighted by molar-refractivity contribution is 5.10. The van der Waals surface area contributed by atoms with Gasteiger partial charge in [0.15, 0.2) is 0 Å². The van der Waals surface area contributed by atoms with E-state index in [-0.39, 0.29) is 5.41 Å². The molecule has 1 aliphatic rings. The number of hydrogen-bond donors (Lipinski definition) is 1. The lowest BCUT2D eigenvalue weighted by Crippen LogP contribution is -2.44. The first-order valence-electron chi connectivity index (χ1n) is 6.44. The molecule has 1 aromatic rings. The largest absolute Gasteiger partial charge is 0.396 e. The minimum atomic E-state index is 0.108. The van der Waals surface area contributed by atoms with E-state index >= 15 is 0 Å². The number of piperidine rings is 1. The maximum absolute atomic E-state index is 9.42. The fraction of sp³-hybridized carbons (Fsp3) is 0.643. The molecule has 0 spiro atoms. The van der Waals surface area contributed by atoms with Crippen LogP contribution < -0.4 is 0 Å². The van der Waals surface area contributed by atoms with E-state index in [1.54, 1.807) is 0 Å². The number of rotatable bonds is 4. The Hall–Kier alpha value is -0.930. The maximum Gasteiger partial charge on any atom is 0.0497 e. The van der Waals surface area contributed by atoms with Crippen molar-refractivity contribution in [3.05, 3.63) is 30.1 Å². The van der Waals surface area contributed by atoms with Gasteiger partial charge in [-0.1, -0.05) is 6.92 Å². The zero-order chi connectivity index (χ0) is 12.1. The van der Waals surface area contributed by atoms with Crippen LogP contribution in [0.4, 0.5) is 0 Å². The van der Waals surface area contributed by atoms with Gasteiger partial charge in [-0.25, -0.2) is 0 Å². The van der Waals surface area contributed by atoms with Crippen LogP contribution in [0.15, 0.2) is 24.5 Å². The van der Waals surface area contributed by atoms with Crippen molar-refractivity contribution in [2.24, 2.45) is 5.41 Å². The highest BCUT2D eigenvalue weighted by Gasteiger charge is 2.29. The van der Waals surface area contributed by atoms with Gasteiger partial charge in [-0.3, -0.25) is 4.98 Å². The van der Waals surface area contributed by atoms with Gasteiger partial charge in [-0.05, 0) is 43.5 Å². The fourth-order valence-corrected chi connectivity index (χ4v) is 2.58. The van der Waals surface area contributed by atoms with Crippen LogP contribution in [0.25, 0.3) is 0 Å². The van der Waals surface area contributed by atoms with Gasteiger partial charge in [0.25, 0.3) is 0 Å². The van der Waals surface area contributed by atoms with E-state index in [2.05, 4.69) is 28.9 Å². The first-order chi connectivity index (χ1) is 8.22. The lowest BCUT2D eigenvalue weighted by Gasteiger charge is -2.39. The van der Waals surface area contributed by atoms with Crippen molar-refractivity contribution in [3.8, 4) is 0 Å². The number of nitrogens with zero attached hydrogens (tertiary/aromatic N) is 2. The second-order valence-corrected chi connectivity index (χ2v) is 5.45. The molecule has 1 aromatic heterocycles. The molecule has 0 saturated carbocycles. The minimum absolute atomic E-state index is 0.108. The van der Waals surface area contributed by atoms with Gasteiger partial charge >= 0.3 is 0 Å². The van der Waals surface area contributed by atoms with Crippen molar-refractivity contribution in [1.82, 2.24) is 9.88 Å². The number of aliphatic hydroxyl groups is 1. The predicted molar refractivity (Wildman–Crippen MR) is 68.8 cm³/mol. The van der Waals surface area contributed by atoms with Gasteiger partial charge in [0.2, 0.25) is 0 Å². The molecule has 17 heavy (non-hydrogen) atoms. The Labute approximate surface area is 103 Å². The van der Waals surface area contributed by atoms with E-state index in [0.29, 0.717) is 6.61 Å². The summed E-state index contributed by atoms with van der Waals surface area (Å²) in [5.74, 6) is 0. The lowest BCUT2D eigenvalue weighted by atomic mass is 9.83. The van der Waals surface area contributed by atoms with Gasteiger partial charge in [-0.2, -0.15) is 0 Å². The summed E-state index contributed by atoms with van der Waals surface area (Å²) >= 11 is 0. The summed E-state index contributed by atoms with van der Waals surface area (Å²) in [7, 11) is 0. The highest BCUT2D eigenvalue weighted by Crippen LogP contribution is 2.28. The molecule has 0 bridgehead atoms. The first kappa shape index (κ1) is 12.5. The highest BCUT2D eigenvalue weighted by atomic mass is 16.3. The quantitative estimate of drug-likeness (QED) is 0.861. The third kappa shape index (κ3) is 3.51. The van der Waals surface area contributed by atoms with Crippen LogP contribution in [0.3, 0.4) is 0 Å². The molecule has 1 fully saturated rings. The fourth-order valence-electron chi connectivity index (χ4n) is 2.58. The summed E-state index contributed by atoms with van der Waals surface area (Å²) in [5.41, 5.74) is 1.45. The second kappa shape index (κ2) is 5.61. The molecule has 1 aliphatic heterocycles. The Morgan fingerprint density at radius 3 is 2.88 bits per heavy atom. The Bertz CT molecular complexity index is 341. The van der Waals surface area contributed by atoms with Gasteiger partial charge in [-0.15, -0.1) is 0 Å². The number of hydrogen-bond acceptors (Lipinski definition) is 3. The molecule has 0 radical (unpaired) electrons. The van der Waals surface area contributed by atoms with Crippen LogP contribution in [0, 0.1) is 5.41 Å². The van der Waals surface area contributed by atoms with Crippen molar-refractivity contribution < 1.29 is 5.11 Å². The van der Waals surface area contributed by atoms with E-state index in [1.165, 1.54) is 18.5 Å². The van der Waals surface area contributed by atoms with E-state index in [1.807, 2.05) is 12.4 Å². The molecule has 1 saturated heterocycles. The van der Waals surface area contributed by atoms with Gasteiger partial charge < -0.3 is 10.0 Å². The molecule has 2 rings (SSSR count). The zero-order valence-corrected chi connectivity index (χ0v) is 10.6. The Morgan fingerprint density at radius 1 is 1.41 bits per heavy atom. The van der Waals surface area contributed by atoms with Crippen LogP contribution in [-0.4, -0.2) is 41.2 Å². The monoisotopic (exact) mass is 234 g/mol. The van der Waals surface area contributed by atoms with Crippen molar-refractivity contribution in [1.29, 1.82) is 0 Å². The van der Waals surface area contributed by atoms with Crippen molar-refractivity contribution >= 4 is 0 Å². The van der Waals surface area contributed by atoms with Gasteiger partial charge in [0, 0.05) is 37.5 Å². The molecule has 0 aliphatic carbocycles. The molecule has 1 N–H and O–H groups in total. The Balaban J connectivity index is 1.83. The summed E-state index contributed by atoms with van der Waals surface area (Å²) in [4.78, 5) is 6.50. The molecule has 94 valence electrons. The number of aromatic nitrogens is 1. The van der Waals surface area contributed by atoms with Crippen molar-refractivity contribution in [2.75, 3.05) is 26.2 Å². The summed E-state index contributed by atoms with van der Waals surface area (Å²) in [6.07, 6.45) is 7.12. The smallest absolute Gasteiger partial charge is 0.0497 e. The zero-order valence-electron chi connectivity index (χ0n) is 10.6. The van der Waals surface area contributed by atoms with Crippen molar-refractivity contribution in [3.63, 3.8) is 0 Å². The topological polar surface area (TPSA) is 36.4 Å². The maximum atomic E-state index is 9.42. The van der Waals surface area contributed by atoms with E-state index in [4.69, 9.17) is 0 Å². The number of pyridine rings is 1. The normalized spacial score (nSPS) is 26.0. The minimum Gasteiger partial charge on any atom is -0.396 e. The Kier molecular flexibility index (Phi) is 4.13. The summed E-state index contributed by atoms with van der Waals surface area (Å²) in [5, 5.41) is 9.42. The van der Waals surface area contributed by atoms with E-state index in [0.717, 1.165) is 25.9 Å². The average Bonchev–Trinajstić information content (AvgIpc) is 2.38. The van der Waals surface area contributed by atoms with Crippen LogP contribution in [-0.2, 0) is 6.42 Å². The van der Waals surface area contributed by atoms with Gasteiger partial charge in [0.05, 0.1) is 0 Å². The molecule has 0 aromatic carbocycles. The van der Waals surface area contributed by atoms with Crippen LogP contribution >= 0.6 is 0 Å². The van der Waals surface area contributed by atoms with Gasteiger partial charge in [0.1, 0.15) is 0 Å². The summed E-state index contributed by atoms with van der Waals surface area (Å²) in [6, 6.07) is 4.16. The van der Waals surface area contributed by atoms with Crippen LogP contribution in [0.1, 0.15) is 25.3 Å². The average molecular weight is 234 g/mol. The third-order valence-corrected chi connectivity index (χ3v) is 3.71. The predicted octanol–water partition coefficient (Wildman–Crippen LogP) is 1.72. The van der Waals surface area contributed by atoms with Crippen LogP contribution in [0.2, 0.25) is 0 Å². The third-order valence-electron chi connectivity index (χ3n) is 3.71. The molecule has 0 amide bonds. The van der Waals surface area contributed by atoms with E-state index < -0.39 is 0 Å². The molecule has 2 heterocycles. The Morgan fingerprint density at radius 2 is 2.18 bits per heavy atom. The summed E-state index contributed by atoms with van der Waals surface area (Å²) in [6.45, 7) is 5.76. The van der Waals surface area contributed by atoms with Crippen molar-refractivity contribution in [2.45, 2.75) is 26.2 Å². The molecular weight excluding hydrogens is 212 g/mol. The number of aliphatic hydroxyl groups excluding tert-OH is 1. The summed E-state index contributed by atoms with van der Waals surface area (Å²) < 4.78 is 0. The number of likely N-dealkylation sites (tertiary alicyclic amines) is 1. The molecule has 3 heteroatoms. The molecule has 3 nitrogen and oxygen atoms in total. The molecule has 1 atom stereocenters.